The van der Waals surface area contributed by atoms with Crippen LogP contribution in [0.5, 0.6) is 0 Å². The summed E-state index contributed by atoms with van der Waals surface area (Å²) in [5.41, 5.74) is 0.920. The Morgan fingerprint density at radius 1 is 0.933 bits per heavy atom. The second-order valence-electron chi connectivity index (χ2n) is 12.2. The fourth-order valence-electron chi connectivity index (χ4n) is 6.08. The van der Waals surface area contributed by atoms with Crippen LogP contribution in [0.3, 0.4) is 0 Å². The van der Waals surface area contributed by atoms with Crippen molar-refractivity contribution in [2.24, 2.45) is 5.92 Å². The number of ether oxygens (including phenoxy) is 2. The van der Waals surface area contributed by atoms with Crippen molar-refractivity contribution in [3.63, 3.8) is 0 Å². The lowest BCUT2D eigenvalue weighted by Crippen LogP contribution is -2.51. The van der Waals surface area contributed by atoms with Gasteiger partial charge in [0.2, 0.25) is 21.8 Å². The molecular weight excluding hydrogens is 602 g/mol. The normalized spacial score (nSPS) is 20.9. The maximum Gasteiger partial charge on any atom is 0.409 e. The van der Waals surface area contributed by atoms with E-state index >= 15 is 0 Å². The van der Waals surface area contributed by atoms with Crippen LogP contribution in [0.2, 0.25) is 0 Å². The lowest BCUT2D eigenvalue weighted by atomic mass is 9.93. The maximum absolute atomic E-state index is 13.3. The molecule has 14 heteroatoms. The summed E-state index contributed by atoms with van der Waals surface area (Å²) in [5.74, 6) is -1.04. The van der Waals surface area contributed by atoms with Crippen LogP contribution in [0.15, 0.2) is 29.2 Å². The third-order valence-corrected chi connectivity index (χ3v) is 11.0. The molecule has 250 valence electrons. The standard InChI is InChI=1S/C31H47N5O8S/c1-23-6-8-25(9-7-23)45(41,42)36-15-4-5-27(36)29(38)32-26(30(39)43-3)10-11-28(37)34-16-12-24(13-17-34)14-22-44-31(40)35-20-18-33(2)19-21-35/h6-9,24,26-27H,4-5,10-22H2,1-3H3,(H,32,38)/t26-,27-/m0/s1. The summed E-state index contributed by atoms with van der Waals surface area (Å²) in [6.07, 6.45) is 2.98. The number of hydrogen-bond acceptors (Lipinski definition) is 9. The average molecular weight is 650 g/mol. The van der Waals surface area contributed by atoms with E-state index in [-0.39, 0.29) is 36.3 Å². The molecule has 0 unspecified atom stereocenters. The van der Waals surface area contributed by atoms with E-state index in [1.807, 2.05) is 14.0 Å². The molecule has 4 rings (SSSR count). The Hall–Kier alpha value is -3.23. The number of likely N-dealkylation sites (N-methyl/N-ethyl adjacent to an activating group) is 1. The summed E-state index contributed by atoms with van der Waals surface area (Å²) in [6.45, 7) is 6.58. The number of amides is 3. The monoisotopic (exact) mass is 649 g/mol. The van der Waals surface area contributed by atoms with E-state index in [1.165, 1.54) is 23.5 Å². The number of sulfonamides is 1. The van der Waals surface area contributed by atoms with Gasteiger partial charge >= 0.3 is 12.1 Å². The van der Waals surface area contributed by atoms with Crippen LogP contribution < -0.4 is 5.32 Å². The fourth-order valence-corrected chi connectivity index (χ4v) is 7.74. The van der Waals surface area contributed by atoms with Gasteiger partial charge in [0.25, 0.3) is 0 Å². The molecule has 0 saturated carbocycles. The molecule has 3 heterocycles. The zero-order chi connectivity index (χ0) is 32.6. The van der Waals surface area contributed by atoms with Crippen molar-refractivity contribution >= 4 is 33.9 Å². The first-order chi connectivity index (χ1) is 21.5. The number of likely N-dealkylation sites (tertiary alicyclic amines) is 1. The summed E-state index contributed by atoms with van der Waals surface area (Å²) in [7, 11) is -0.666. The molecule has 3 fully saturated rings. The van der Waals surface area contributed by atoms with Crippen LogP contribution >= 0.6 is 0 Å². The van der Waals surface area contributed by atoms with E-state index < -0.39 is 34.0 Å². The van der Waals surface area contributed by atoms with Gasteiger partial charge in [-0.1, -0.05) is 17.7 Å². The molecule has 3 saturated heterocycles. The van der Waals surface area contributed by atoms with Crippen molar-refractivity contribution in [3.05, 3.63) is 29.8 Å². The van der Waals surface area contributed by atoms with Crippen molar-refractivity contribution in [1.29, 1.82) is 0 Å². The second kappa shape index (κ2) is 15.9. The molecule has 13 nitrogen and oxygen atoms in total. The van der Waals surface area contributed by atoms with Crippen LogP contribution in [0, 0.1) is 12.8 Å². The zero-order valence-electron chi connectivity index (χ0n) is 26.6. The quantitative estimate of drug-likeness (QED) is 0.353. The first-order valence-electron chi connectivity index (χ1n) is 15.8. The highest BCUT2D eigenvalue weighted by molar-refractivity contribution is 7.89. The lowest BCUT2D eigenvalue weighted by Gasteiger charge is -2.33. The molecule has 0 spiro atoms. The minimum atomic E-state index is -3.91. The molecule has 0 aliphatic carbocycles. The van der Waals surface area contributed by atoms with Gasteiger partial charge in [-0.2, -0.15) is 4.31 Å². The SMILES string of the molecule is COC(=O)[C@H](CCC(=O)N1CCC(CCOC(=O)N2CCN(C)CC2)CC1)NC(=O)[C@@H]1CCCN1S(=O)(=O)c1ccc(C)cc1. The summed E-state index contributed by atoms with van der Waals surface area (Å²) in [5, 5.41) is 2.66. The van der Waals surface area contributed by atoms with Crippen molar-refractivity contribution in [1.82, 2.24) is 24.3 Å². The molecule has 0 bridgehead atoms. The molecule has 1 aromatic rings. The number of benzene rings is 1. The molecule has 3 aliphatic rings. The van der Waals surface area contributed by atoms with Gasteiger partial charge in [-0.3, -0.25) is 9.59 Å². The number of carbonyl (C=O) groups is 4. The van der Waals surface area contributed by atoms with Gasteiger partial charge in [0.1, 0.15) is 12.1 Å². The number of carbonyl (C=O) groups excluding carboxylic acids is 4. The van der Waals surface area contributed by atoms with Gasteiger partial charge in [-0.05, 0) is 70.5 Å². The van der Waals surface area contributed by atoms with E-state index in [9.17, 15) is 27.6 Å². The molecule has 0 radical (unpaired) electrons. The molecule has 1 N–H and O–H groups in total. The van der Waals surface area contributed by atoms with Crippen LogP contribution in [0.25, 0.3) is 0 Å². The van der Waals surface area contributed by atoms with Gasteiger partial charge < -0.3 is 29.5 Å². The van der Waals surface area contributed by atoms with Crippen molar-refractivity contribution in [2.45, 2.75) is 68.8 Å². The number of piperazine rings is 1. The number of hydrogen-bond donors (Lipinski definition) is 1. The van der Waals surface area contributed by atoms with Crippen LogP contribution in [0.1, 0.15) is 50.5 Å². The molecule has 0 aromatic heterocycles. The second-order valence-corrected chi connectivity index (χ2v) is 14.1. The van der Waals surface area contributed by atoms with Crippen LogP contribution in [0.4, 0.5) is 4.79 Å². The van der Waals surface area contributed by atoms with E-state index in [0.29, 0.717) is 51.5 Å². The lowest BCUT2D eigenvalue weighted by molar-refractivity contribution is -0.146. The summed E-state index contributed by atoms with van der Waals surface area (Å²) < 4.78 is 38.1. The molecule has 3 amide bonds. The number of nitrogens with zero attached hydrogens (tertiary/aromatic N) is 4. The predicted octanol–water partition coefficient (Wildman–Crippen LogP) is 1.60. The smallest absolute Gasteiger partial charge is 0.409 e. The summed E-state index contributed by atoms with van der Waals surface area (Å²) in [4.78, 5) is 56.9. The minimum Gasteiger partial charge on any atom is -0.467 e. The third-order valence-electron chi connectivity index (χ3n) is 9.06. The van der Waals surface area contributed by atoms with Gasteiger partial charge in [-0.25, -0.2) is 18.0 Å². The Bertz CT molecular complexity index is 1290. The number of nitrogens with one attached hydrogen (secondary N) is 1. The average Bonchev–Trinajstić information content (AvgIpc) is 3.55. The number of aryl methyl sites for hydroxylation is 1. The van der Waals surface area contributed by atoms with Crippen molar-refractivity contribution in [2.75, 3.05) is 66.6 Å². The Labute approximate surface area is 266 Å². The molecule has 2 atom stereocenters. The van der Waals surface area contributed by atoms with Crippen LogP contribution in [-0.2, 0) is 33.9 Å². The largest absolute Gasteiger partial charge is 0.467 e. The highest BCUT2D eigenvalue weighted by Crippen LogP contribution is 2.27. The van der Waals surface area contributed by atoms with Crippen molar-refractivity contribution < 1.29 is 37.1 Å². The van der Waals surface area contributed by atoms with Gasteiger partial charge in [0, 0.05) is 52.2 Å². The van der Waals surface area contributed by atoms with Crippen molar-refractivity contribution in [3.8, 4) is 0 Å². The Morgan fingerprint density at radius 3 is 2.24 bits per heavy atom. The number of esters is 1. The number of methoxy groups -OCH3 is 1. The highest BCUT2D eigenvalue weighted by atomic mass is 32.2. The first kappa shape index (κ1) is 34.6. The zero-order valence-corrected chi connectivity index (χ0v) is 27.4. The molecular formula is C31H47N5O8S. The van der Waals surface area contributed by atoms with E-state index in [4.69, 9.17) is 9.47 Å². The van der Waals surface area contributed by atoms with Gasteiger partial charge in [0.05, 0.1) is 18.6 Å². The summed E-state index contributed by atoms with van der Waals surface area (Å²) in [6, 6.07) is 4.42. The Kier molecular flexibility index (Phi) is 12.2. The van der Waals surface area contributed by atoms with E-state index in [1.54, 1.807) is 21.9 Å². The summed E-state index contributed by atoms with van der Waals surface area (Å²) >= 11 is 0. The Balaban J connectivity index is 1.22. The predicted molar refractivity (Wildman–Crippen MR) is 166 cm³/mol. The number of piperidine rings is 1. The molecule has 45 heavy (non-hydrogen) atoms. The fraction of sp³-hybridized carbons (Fsp3) is 0.677. The van der Waals surface area contributed by atoms with E-state index in [2.05, 4.69) is 10.2 Å². The van der Waals surface area contributed by atoms with Gasteiger partial charge in [-0.15, -0.1) is 0 Å². The minimum absolute atomic E-state index is 0.0311. The maximum atomic E-state index is 13.3. The third kappa shape index (κ3) is 9.17. The topological polar surface area (TPSA) is 146 Å². The molecule has 3 aliphatic heterocycles. The van der Waals surface area contributed by atoms with Gasteiger partial charge in [0.15, 0.2) is 0 Å². The molecule has 1 aromatic carbocycles. The number of rotatable bonds is 11. The van der Waals surface area contributed by atoms with Crippen LogP contribution in [-0.4, -0.2) is 130 Å². The first-order valence-corrected chi connectivity index (χ1v) is 17.3. The van der Waals surface area contributed by atoms with E-state index in [0.717, 1.165) is 37.9 Å². The highest BCUT2D eigenvalue weighted by Gasteiger charge is 2.40. The Morgan fingerprint density at radius 2 is 1.60 bits per heavy atom.